The molecule has 1 aromatic heterocycles. The number of anilines is 1. The molecule has 1 aliphatic heterocycles. The number of piperidine rings is 1. The van der Waals surface area contributed by atoms with Crippen LogP contribution < -0.4 is 4.90 Å². The molecule has 1 aliphatic rings. The molecule has 0 unspecified atom stereocenters. The molecule has 6 heteroatoms. The van der Waals surface area contributed by atoms with Gasteiger partial charge in [0.05, 0.1) is 17.9 Å². The van der Waals surface area contributed by atoms with E-state index in [1.165, 1.54) is 0 Å². The van der Waals surface area contributed by atoms with Gasteiger partial charge in [0.1, 0.15) is 0 Å². The Bertz CT molecular complexity index is 535. The van der Waals surface area contributed by atoms with Gasteiger partial charge in [-0.15, -0.1) is 0 Å². The predicted octanol–water partition coefficient (Wildman–Crippen LogP) is 1.88. The molecule has 0 aliphatic carbocycles. The summed E-state index contributed by atoms with van der Waals surface area (Å²) in [5, 5.41) is 0. The maximum absolute atomic E-state index is 11.8. The van der Waals surface area contributed by atoms with Crippen LogP contribution in [0.25, 0.3) is 0 Å². The molecule has 1 fully saturated rings. The van der Waals surface area contributed by atoms with Crippen LogP contribution >= 0.6 is 0 Å². The van der Waals surface area contributed by atoms with Crippen LogP contribution in [0.3, 0.4) is 0 Å². The fourth-order valence-electron chi connectivity index (χ4n) is 2.81. The molecular formula is C16H26N4O2. The van der Waals surface area contributed by atoms with Gasteiger partial charge >= 0.3 is 5.97 Å². The molecule has 0 saturated carbocycles. The van der Waals surface area contributed by atoms with Crippen molar-refractivity contribution in [2.24, 2.45) is 0 Å². The highest BCUT2D eigenvalue weighted by Crippen LogP contribution is 2.23. The van der Waals surface area contributed by atoms with Crippen molar-refractivity contribution in [2.45, 2.75) is 45.7 Å². The highest BCUT2D eigenvalue weighted by Gasteiger charge is 2.27. The van der Waals surface area contributed by atoms with E-state index in [4.69, 9.17) is 4.74 Å². The quantitative estimate of drug-likeness (QED) is 0.792. The Morgan fingerprint density at radius 3 is 2.86 bits per heavy atom. The van der Waals surface area contributed by atoms with E-state index in [1.807, 2.05) is 14.0 Å². The molecule has 0 radical (unpaired) electrons. The van der Waals surface area contributed by atoms with Crippen molar-refractivity contribution in [3.8, 4) is 0 Å². The normalized spacial score (nSPS) is 22.4. The van der Waals surface area contributed by atoms with Crippen molar-refractivity contribution in [1.82, 2.24) is 14.9 Å². The first kappa shape index (κ1) is 16.7. The molecule has 2 atom stereocenters. The number of aryl methyl sites for hydroxylation is 1. The third-order valence-corrected chi connectivity index (χ3v) is 4.51. The van der Waals surface area contributed by atoms with Crippen LogP contribution in [-0.4, -0.2) is 60.2 Å². The molecule has 0 bridgehead atoms. The number of ether oxygens (including phenoxy) is 1. The number of likely N-dealkylation sites (tertiary alicyclic amines) is 1. The summed E-state index contributed by atoms with van der Waals surface area (Å²) in [4.78, 5) is 25.2. The third kappa shape index (κ3) is 3.55. The van der Waals surface area contributed by atoms with E-state index in [0.717, 1.165) is 19.4 Å². The summed E-state index contributed by atoms with van der Waals surface area (Å²) in [6.07, 6.45) is 3.76. The SMILES string of the molecule is CCOC(=O)c1cnc(N(C)[C@H]2CCN(C)[C@@H](C)C2)nc1C. The Balaban J connectivity index is 2.12. The Labute approximate surface area is 132 Å². The highest BCUT2D eigenvalue weighted by molar-refractivity contribution is 5.90. The van der Waals surface area contributed by atoms with Crippen molar-refractivity contribution in [2.75, 3.05) is 32.1 Å². The zero-order chi connectivity index (χ0) is 16.3. The van der Waals surface area contributed by atoms with Crippen molar-refractivity contribution < 1.29 is 9.53 Å². The van der Waals surface area contributed by atoms with Gasteiger partial charge in [-0.25, -0.2) is 14.8 Å². The zero-order valence-electron chi connectivity index (χ0n) is 14.2. The van der Waals surface area contributed by atoms with Gasteiger partial charge in [0, 0.05) is 31.9 Å². The minimum absolute atomic E-state index is 0.355. The number of esters is 1. The van der Waals surface area contributed by atoms with Gasteiger partial charge < -0.3 is 14.5 Å². The minimum Gasteiger partial charge on any atom is -0.462 e. The molecule has 2 heterocycles. The van der Waals surface area contributed by atoms with Crippen LogP contribution in [0.15, 0.2) is 6.20 Å². The van der Waals surface area contributed by atoms with Crippen LogP contribution in [0.1, 0.15) is 42.7 Å². The molecule has 122 valence electrons. The van der Waals surface area contributed by atoms with E-state index in [0.29, 0.717) is 35.9 Å². The van der Waals surface area contributed by atoms with Gasteiger partial charge in [-0.2, -0.15) is 0 Å². The van der Waals surface area contributed by atoms with Crippen molar-refractivity contribution >= 4 is 11.9 Å². The van der Waals surface area contributed by atoms with Gasteiger partial charge in [-0.1, -0.05) is 0 Å². The molecule has 1 saturated heterocycles. The van der Waals surface area contributed by atoms with Gasteiger partial charge in [-0.05, 0) is 40.7 Å². The van der Waals surface area contributed by atoms with Crippen LogP contribution in [0.2, 0.25) is 0 Å². The summed E-state index contributed by atoms with van der Waals surface area (Å²) in [5.74, 6) is 0.314. The monoisotopic (exact) mass is 306 g/mol. The van der Waals surface area contributed by atoms with Gasteiger partial charge in [-0.3, -0.25) is 0 Å². The van der Waals surface area contributed by atoms with E-state index in [9.17, 15) is 4.79 Å². The highest BCUT2D eigenvalue weighted by atomic mass is 16.5. The van der Waals surface area contributed by atoms with E-state index in [1.54, 1.807) is 13.1 Å². The lowest BCUT2D eigenvalue weighted by Gasteiger charge is -2.39. The smallest absolute Gasteiger partial charge is 0.341 e. The lowest BCUT2D eigenvalue weighted by Crippen LogP contribution is -2.46. The minimum atomic E-state index is -0.359. The number of hydrogen-bond donors (Lipinski definition) is 0. The Morgan fingerprint density at radius 1 is 1.55 bits per heavy atom. The Kier molecular flexibility index (Phi) is 5.34. The van der Waals surface area contributed by atoms with E-state index in [-0.39, 0.29) is 5.97 Å². The van der Waals surface area contributed by atoms with Gasteiger partial charge in [0.2, 0.25) is 5.95 Å². The number of nitrogens with zero attached hydrogens (tertiary/aromatic N) is 4. The Morgan fingerprint density at radius 2 is 2.27 bits per heavy atom. The summed E-state index contributed by atoms with van der Waals surface area (Å²) in [5.41, 5.74) is 1.10. The number of rotatable bonds is 4. The molecule has 22 heavy (non-hydrogen) atoms. The molecule has 0 amide bonds. The predicted molar refractivity (Wildman–Crippen MR) is 86.2 cm³/mol. The number of aromatic nitrogens is 2. The average Bonchev–Trinajstić information content (AvgIpc) is 2.49. The topological polar surface area (TPSA) is 58.6 Å². The first-order valence-corrected chi connectivity index (χ1v) is 7.87. The third-order valence-electron chi connectivity index (χ3n) is 4.51. The summed E-state index contributed by atoms with van der Waals surface area (Å²) in [6, 6.07) is 0.986. The fraction of sp³-hybridized carbons (Fsp3) is 0.688. The number of carbonyl (C=O) groups is 1. The van der Waals surface area contributed by atoms with E-state index in [2.05, 4.69) is 33.7 Å². The first-order chi connectivity index (χ1) is 10.4. The Hall–Kier alpha value is -1.69. The summed E-state index contributed by atoms with van der Waals surface area (Å²) >= 11 is 0. The molecule has 0 aromatic carbocycles. The van der Waals surface area contributed by atoms with Crippen LogP contribution in [0.5, 0.6) is 0 Å². The fourth-order valence-corrected chi connectivity index (χ4v) is 2.81. The maximum atomic E-state index is 11.8. The van der Waals surface area contributed by atoms with E-state index >= 15 is 0 Å². The molecule has 6 nitrogen and oxygen atoms in total. The standard InChI is InChI=1S/C16H26N4O2/c1-6-22-15(21)14-10-17-16(18-12(14)3)20(5)13-7-8-19(4)11(2)9-13/h10-11,13H,6-9H2,1-5H3/t11-,13-/m0/s1. The van der Waals surface area contributed by atoms with Gasteiger partial charge in [0.15, 0.2) is 0 Å². The molecule has 1 aromatic rings. The van der Waals surface area contributed by atoms with Crippen LogP contribution in [-0.2, 0) is 4.74 Å². The lowest BCUT2D eigenvalue weighted by molar-refractivity contribution is 0.0524. The molecule has 0 N–H and O–H groups in total. The molecule has 0 spiro atoms. The summed E-state index contributed by atoms with van der Waals surface area (Å²) in [6.45, 7) is 7.29. The van der Waals surface area contributed by atoms with E-state index < -0.39 is 0 Å². The zero-order valence-corrected chi connectivity index (χ0v) is 14.2. The average molecular weight is 306 g/mol. The van der Waals surface area contributed by atoms with Crippen molar-refractivity contribution in [1.29, 1.82) is 0 Å². The lowest BCUT2D eigenvalue weighted by atomic mass is 9.98. The molecule has 2 rings (SSSR count). The number of hydrogen-bond acceptors (Lipinski definition) is 6. The second-order valence-electron chi connectivity index (χ2n) is 6.01. The van der Waals surface area contributed by atoms with Gasteiger partial charge in [0.25, 0.3) is 0 Å². The summed E-state index contributed by atoms with van der Waals surface area (Å²) in [7, 11) is 4.19. The van der Waals surface area contributed by atoms with Crippen molar-refractivity contribution in [3.63, 3.8) is 0 Å². The van der Waals surface area contributed by atoms with Crippen molar-refractivity contribution in [3.05, 3.63) is 17.5 Å². The second-order valence-corrected chi connectivity index (χ2v) is 6.01. The maximum Gasteiger partial charge on any atom is 0.341 e. The number of carbonyl (C=O) groups excluding carboxylic acids is 1. The first-order valence-electron chi connectivity index (χ1n) is 7.87. The largest absolute Gasteiger partial charge is 0.462 e. The van der Waals surface area contributed by atoms with Crippen LogP contribution in [0, 0.1) is 6.92 Å². The molecular weight excluding hydrogens is 280 g/mol. The summed E-state index contributed by atoms with van der Waals surface area (Å²) < 4.78 is 5.01. The second kappa shape index (κ2) is 7.05. The van der Waals surface area contributed by atoms with Crippen LogP contribution in [0.4, 0.5) is 5.95 Å².